The Morgan fingerprint density at radius 1 is 1.12 bits per heavy atom. The van der Waals surface area contributed by atoms with Gasteiger partial charge in [0, 0.05) is 28.2 Å². The van der Waals surface area contributed by atoms with Crippen molar-refractivity contribution < 1.29 is 0 Å². The van der Waals surface area contributed by atoms with E-state index in [1.807, 2.05) is 33.1 Å². The molecule has 0 spiro atoms. The Hall–Kier alpha value is -2.18. The molecule has 0 radical (unpaired) electrons. The zero-order valence-electron chi connectivity index (χ0n) is 10.2. The van der Waals surface area contributed by atoms with Gasteiger partial charge < -0.3 is 14.8 Å². The fourth-order valence-electron chi connectivity index (χ4n) is 1.43. The van der Waals surface area contributed by atoms with E-state index in [1.165, 1.54) is 6.20 Å². The Balaban J connectivity index is 2.81. The van der Waals surface area contributed by atoms with Crippen LogP contribution >= 0.6 is 0 Å². The molecule has 7 nitrogen and oxygen atoms in total. The van der Waals surface area contributed by atoms with Crippen LogP contribution in [0.2, 0.25) is 0 Å². The number of H-pyrrole nitrogens is 1. The molecule has 0 amide bonds. The van der Waals surface area contributed by atoms with Crippen molar-refractivity contribution in [2.45, 2.75) is 0 Å². The van der Waals surface area contributed by atoms with Crippen molar-refractivity contribution in [2.24, 2.45) is 0 Å². The number of nitrogens with one attached hydrogen (secondary N) is 1. The van der Waals surface area contributed by atoms with E-state index >= 15 is 0 Å². The molecular formula is C10H14N6O. The summed E-state index contributed by atoms with van der Waals surface area (Å²) in [6.07, 6.45) is 1.22. The molecule has 2 aromatic heterocycles. The van der Waals surface area contributed by atoms with Crippen molar-refractivity contribution >= 4 is 22.9 Å². The summed E-state index contributed by atoms with van der Waals surface area (Å²) in [5.41, 5.74) is 0.766. The zero-order chi connectivity index (χ0) is 12.6. The molecule has 0 atom stereocenters. The van der Waals surface area contributed by atoms with Crippen LogP contribution in [0.5, 0.6) is 0 Å². The lowest BCUT2D eigenvalue weighted by atomic mass is 10.4. The summed E-state index contributed by atoms with van der Waals surface area (Å²) in [5, 5.41) is 0. The summed E-state index contributed by atoms with van der Waals surface area (Å²) < 4.78 is 0. The average molecular weight is 234 g/mol. The standard InChI is InChI=1S/C10H14N6O/c1-15(2)9-7-8(11-5-6(17)12-7)13-10(14-9)16(3)4/h5H,1-4H3,(H,12,17). The summed E-state index contributed by atoms with van der Waals surface area (Å²) in [6, 6.07) is 0. The minimum Gasteiger partial charge on any atom is -0.361 e. The number of nitrogens with zero attached hydrogens (tertiary/aromatic N) is 5. The van der Waals surface area contributed by atoms with Crippen molar-refractivity contribution in [1.82, 2.24) is 19.9 Å². The molecule has 0 bridgehead atoms. The van der Waals surface area contributed by atoms with Crippen molar-refractivity contribution in [1.29, 1.82) is 0 Å². The zero-order valence-corrected chi connectivity index (χ0v) is 10.2. The largest absolute Gasteiger partial charge is 0.361 e. The topological polar surface area (TPSA) is 78.0 Å². The highest BCUT2D eigenvalue weighted by molar-refractivity contribution is 5.83. The minimum atomic E-state index is -0.262. The van der Waals surface area contributed by atoms with Crippen LogP contribution < -0.4 is 15.4 Å². The van der Waals surface area contributed by atoms with E-state index < -0.39 is 0 Å². The van der Waals surface area contributed by atoms with Crippen LogP contribution in [0, 0.1) is 0 Å². The van der Waals surface area contributed by atoms with Crippen LogP contribution in [0.25, 0.3) is 11.2 Å². The third-order valence-electron chi connectivity index (χ3n) is 2.23. The van der Waals surface area contributed by atoms with Gasteiger partial charge >= 0.3 is 0 Å². The lowest BCUT2D eigenvalue weighted by molar-refractivity contribution is 0.972. The first-order valence-corrected chi connectivity index (χ1v) is 5.11. The molecule has 0 fully saturated rings. The molecule has 0 saturated carbocycles. The normalized spacial score (nSPS) is 10.6. The predicted octanol–water partition coefficient (Wildman–Crippen LogP) is -0.155. The second kappa shape index (κ2) is 4.00. The molecule has 0 aliphatic heterocycles. The first-order chi connectivity index (χ1) is 7.99. The summed E-state index contributed by atoms with van der Waals surface area (Å²) in [5.74, 6) is 1.20. The van der Waals surface area contributed by atoms with Crippen molar-refractivity contribution in [3.63, 3.8) is 0 Å². The van der Waals surface area contributed by atoms with E-state index in [0.29, 0.717) is 22.9 Å². The van der Waals surface area contributed by atoms with Crippen LogP contribution in [-0.2, 0) is 0 Å². The fraction of sp³-hybridized carbons (Fsp3) is 0.400. The first kappa shape index (κ1) is 11.3. The molecule has 17 heavy (non-hydrogen) atoms. The predicted molar refractivity (Wildman–Crippen MR) is 66.6 cm³/mol. The first-order valence-electron chi connectivity index (χ1n) is 5.11. The van der Waals surface area contributed by atoms with Crippen LogP contribution in [0.15, 0.2) is 11.0 Å². The van der Waals surface area contributed by atoms with Gasteiger partial charge in [-0.2, -0.15) is 9.97 Å². The van der Waals surface area contributed by atoms with Gasteiger partial charge in [0.25, 0.3) is 5.56 Å². The Morgan fingerprint density at radius 2 is 1.82 bits per heavy atom. The third kappa shape index (κ3) is 2.03. The molecule has 0 aliphatic rings. The maximum Gasteiger partial charge on any atom is 0.267 e. The molecule has 2 aromatic rings. The van der Waals surface area contributed by atoms with E-state index in [9.17, 15) is 4.79 Å². The molecular weight excluding hydrogens is 220 g/mol. The van der Waals surface area contributed by atoms with Gasteiger partial charge in [-0.1, -0.05) is 0 Å². The SMILES string of the molecule is CN(C)c1nc(N(C)C)c2[nH]c(=O)cnc2n1. The van der Waals surface area contributed by atoms with E-state index in [2.05, 4.69) is 19.9 Å². The Morgan fingerprint density at radius 3 is 2.41 bits per heavy atom. The average Bonchev–Trinajstić information content (AvgIpc) is 2.27. The molecule has 2 heterocycles. The molecule has 0 aliphatic carbocycles. The van der Waals surface area contributed by atoms with Crippen molar-refractivity contribution in [3.05, 3.63) is 16.6 Å². The third-order valence-corrected chi connectivity index (χ3v) is 2.23. The second-order valence-electron chi connectivity index (χ2n) is 4.08. The highest BCUT2D eigenvalue weighted by Gasteiger charge is 2.12. The highest BCUT2D eigenvalue weighted by Crippen LogP contribution is 2.20. The van der Waals surface area contributed by atoms with Crippen molar-refractivity contribution in [3.8, 4) is 0 Å². The van der Waals surface area contributed by atoms with Gasteiger partial charge in [-0.15, -0.1) is 0 Å². The summed E-state index contributed by atoms with van der Waals surface area (Å²) in [6.45, 7) is 0. The van der Waals surface area contributed by atoms with Gasteiger partial charge in [0.05, 0.1) is 6.20 Å². The molecule has 2 rings (SSSR count). The molecule has 0 saturated heterocycles. The maximum atomic E-state index is 11.3. The molecule has 0 unspecified atom stereocenters. The Kier molecular flexibility index (Phi) is 2.66. The van der Waals surface area contributed by atoms with E-state index in [1.54, 1.807) is 4.90 Å². The second-order valence-corrected chi connectivity index (χ2v) is 4.08. The number of anilines is 2. The number of hydrogen-bond donors (Lipinski definition) is 1. The Labute approximate surface area is 98.1 Å². The molecule has 1 N–H and O–H groups in total. The quantitative estimate of drug-likeness (QED) is 0.778. The van der Waals surface area contributed by atoms with Crippen molar-refractivity contribution in [2.75, 3.05) is 38.0 Å². The fourth-order valence-corrected chi connectivity index (χ4v) is 1.43. The van der Waals surface area contributed by atoms with Gasteiger partial charge in [0.15, 0.2) is 11.5 Å². The summed E-state index contributed by atoms with van der Waals surface area (Å²) >= 11 is 0. The van der Waals surface area contributed by atoms with E-state index in [4.69, 9.17) is 0 Å². The molecule has 90 valence electrons. The summed E-state index contributed by atoms with van der Waals surface area (Å²) in [4.78, 5) is 30.2. The Bertz CT molecular complexity index is 603. The van der Waals surface area contributed by atoms with Gasteiger partial charge in [-0.05, 0) is 0 Å². The molecule has 0 aromatic carbocycles. The summed E-state index contributed by atoms with van der Waals surface area (Å²) in [7, 11) is 7.41. The number of aromatic nitrogens is 4. The lowest BCUT2D eigenvalue weighted by Gasteiger charge is -2.17. The number of aromatic amines is 1. The maximum absolute atomic E-state index is 11.3. The van der Waals surface area contributed by atoms with Gasteiger partial charge in [-0.3, -0.25) is 4.79 Å². The van der Waals surface area contributed by atoms with E-state index in [-0.39, 0.29) is 5.56 Å². The van der Waals surface area contributed by atoms with Crippen LogP contribution in [-0.4, -0.2) is 48.1 Å². The smallest absolute Gasteiger partial charge is 0.267 e. The number of fused-ring (bicyclic) bond motifs is 1. The monoisotopic (exact) mass is 234 g/mol. The van der Waals surface area contributed by atoms with Gasteiger partial charge in [0.1, 0.15) is 5.52 Å². The highest BCUT2D eigenvalue weighted by atomic mass is 16.1. The van der Waals surface area contributed by atoms with Crippen LogP contribution in [0.4, 0.5) is 11.8 Å². The van der Waals surface area contributed by atoms with Gasteiger partial charge in [0.2, 0.25) is 5.95 Å². The van der Waals surface area contributed by atoms with Crippen LogP contribution in [0.1, 0.15) is 0 Å². The molecule has 7 heteroatoms. The minimum absolute atomic E-state index is 0.262. The number of rotatable bonds is 2. The van der Waals surface area contributed by atoms with Gasteiger partial charge in [-0.25, -0.2) is 4.98 Å². The lowest BCUT2D eigenvalue weighted by Crippen LogP contribution is -2.19. The number of hydrogen-bond acceptors (Lipinski definition) is 6. The van der Waals surface area contributed by atoms with E-state index in [0.717, 1.165) is 0 Å². The van der Waals surface area contributed by atoms with Crippen LogP contribution in [0.3, 0.4) is 0 Å².